The van der Waals surface area contributed by atoms with E-state index in [-0.39, 0.29) is 0 Å². The minimum atomic E-state index is 0.945. The number of rotatable bonds is 2. The minimum Gasteiger partial charge on any atom is -0.0880 e. The van der Waals surface area contributed by atoms with Crippen molar-refractivity contribution in [1.29, 1.82) is 0 Å². The molecule has 0 spiro atoms. The number of allylic oxidation sites excluding steroid dienone is 1. The molecule has 1 heteroatoms. The maximum Gasteiger partial charge on any atom is 0.0242 e. The van der Waals surface area contributed by atoms with E-state index in [0.717, 1.165) is 5.33 Å². The zero-order valence-electron chi connectivity index (χ0n) is 7.47. The number of benzene rings is 1. The summed E-state index contributed by atoms with van der Waals surface area (Å²) < 4.78 is 0. The van der Waals surface area contributed by atoms with E-state index >= 15 is 0 Å². The summed E-state index contributed by atoms with van der Waals surface area (Å²) in [7, 11) is 0. The molecule has 0 radical (unpaired) electrons. The number of alkyl halides is 1. The molecule has 1 aromatic carbocycles. The van der Waals surface area contributed by atoms with Crippen LogP contribution >= 0.6 is 15.9 Å². The molecule has 0 unspecified atom stereocenters. The Morgan fingerprint density at radius 3 is 2.83 bits per heavy atom. The first-order valence-electron chi connectivity index (χ1n) is 4.02. The lowest BCUT2D eigenvalue weighted by molar-refractivity contribution is 1.42. The molecular weight excluding hydrogens is 212 g/mol. The topological polar surface area (TPSA) is 0 Å². The first kappa shape index (κ1) is 9.53. The van der Waals surface area contributed by atoms with Gasteiger partial charge in [-0.2, -0.15) is 0 Å². The zero-order valence-corrected chi connectivity index (χ0v) is 9.06. The highest BCUT2D eigenvalue weighted by molar-refractivity contribution is 9.09. The summed E-state index contributed by atoms with van der Waals surface area (Å²) in [6, 6.07) is 8.51. The van der Waals surface area contributed by atoms with E-state index in [4.69, 9.17) is 0 Å². The van der Waals surface area contributed by atoms with Gasteiger partial charge < -0.3 is 0 Å². The van der Waals surface area contributed by atoms with Crippen LogP contribution in [0.1, 0.15) is 18.1 Å². The highest BCUT2D eigenvalue weighted by Crippen LogP contribution is 2.09. The van der Waals surface area contributed by atoms with Crippen molar-refractivity contribution in [3.63, 3.8) is 0 Å². The molecule has 0 heterocycles. The molecule has 0 amide bonds. The van der Waals surface area contributed by atoms with Crippen molar-refractivity contribution in [1.82, 2.24) is 0 Å². The van der Waals surface area contributed by atoms with Gasteiger partial charge in [-0.3, -0.25) is 0 Å². The van der Waals surface area contributed by atoms with E-state index in [2.05, 4.69) is 60.1 Å². The zero-order chi connectivity index (χ0) is 8.97. The second-order valence-corrected chi connectivity index (χ2v) is 3.60. The van der Waals surface area contributed by atoms with Crippen LogP contribution in [0.3, 0.4) is 0 Å². The van der Waals surface area contributed by atoms with E-state index < -0.39 is 0 Å². The summed E-state index contributed by atoms with van der Waals surface area (Å²) in [6.07, 6.45) is 2.20. The van der Waals surface area contributed by atoms with E-state index in [1.807, 2.05) is 0 Å². The van der Waals surface area contributed by atoms with E-state index in [1.54, 1.807) is 0 Å². The quantitative estimate of drug-likeness (QED) is 0.671. The molecule has 12 heavy (non-hydrogen) atoms. The van der Waals surface area contributed by atoms with Gasteiger partial charge in [0, 0.05) is 5.33 Å². The molecule has 0 saturated heterocycles. The molecular formula is C11H13Br. The van der Waals surface area contributed by atoms with Gasteiger partial charge in [0.05, 0.1) is 0 Å². The van der Waals surface area contributed by atoms with Crippen molar-refractivity contribution in [3.8, 4) is 0 Å². The van der Waals surface area contributed by atoms with Crippen LogP contribution in [0.15, 0.2) is 29.8 Å². The van der Waals surface area contributed by atoms with E-state index in [1.165, 1.54) is 16.7 Å². The fourth-order valence-electron chi connectivity index (χ4n) is 1.08. The second-order valence-electron chi connectivity index (χ2n) is 3.04. The Kier molecular flexibility index (Phi) is 3.54. The predicted octanol–water partition coefficient (Wildman–Crippen LogP) is 3.79. The largest absolute Gasteiger partial charge is 0.0880 e. The van der Waals surface area contributed by atoms with Crippen molar-refractivity contribution in [2.45, 2.75) is 13.8 Å². The van der Waals surface area contributed by atoms with Crippen molar-refractivity contribution >= 4 is 22.0 Å². The SMILES string of the molecule is CC(=Cc1cccc(C)c1)CBr. The van der Waals surface area contributed by atoms with Gasteiger partial charge in [0.15, 0.2) is 0 Å². The van der Waals surface area contributed by atoms with Gasteiger partial charge in [-0.1, -0.05) is 57.4 Å². The fraction of sp³-hybridized carbons (Fsp3) is 0.273. The molecule has 0 aliphatic rings. The maximum absolute atomic E-state index is 3.42. The first-order chi connectivity index (χ1) is 5.72. The Hall–Kier alpha value is -0.560. The normalized spacial score (nSPS) is 11.8. The second kappa shape index (κ2) is 4.46. The van der Waals surface area contributed by atoms with Crippen LogP contribution in [-0.4, -0.2) is 5.33 Å². The van der Waals surface area contributed by atoms with Crippen molar-refractivity contribution < 1.29 is 0 Å². The maximum atomic E-state index is 3.42. The Morgan fingerprint density at radius 1 is 1.50 bits per heavy atom. The highest BCUT2D eigenvalue weighted by atomic mass is 79.9. The molecule has 0 saturated carbocycles. The average molecular weight is 225 g/mol. The molecule has 1 rings (SSSR count). The summed E-state index contributed by atoms with van der Waals surface area (Å²) in [4.78, 5) is 0. The van der Waals surface area contributed by atoms with Crippen LogP contribution in [0, 0.1) is 6.92 Å². The lowest BCUT2D eigenvalue weighted by Gasteiger charge is -1.97. The number of hydrogen-bond donors (Lipinski definition) is 0. The van der Waals surface area contributed by atoms with Gasteiger partial charge in [-0.15, -0.1) is 0 Å². The van der Waals surface area contributed by atoms with Gasteiger partial charge in [0.25, 0.3) is 0 Å². The minimum absolute atomic E-state index is 0.945. The van der Waals surface area contributed by atoms with Crippen LogP contribution in [0.5, 0.6) is 0 Å². The molecule has 0 bridgehead atoms. The van der Waals surface area contributed by atoms with Gasteiger partial charge in [0.1, 0.15) is 0 Å². The summed E-state index contributed by atoms with van der Waals surface area (Å²) >= 11 is 3.42. The van der Waals surface area contributed by atoms with Crippen molar-refractivity contribution in [2.24, 2.45) is 0 Å². The summed E-state index contributed by atoms with van der Waals surface area (Å²) in [5.74, 6) is 0. The average Bonchev–Trinajstić information content (AvgIpc) is 2.04. The van der Waals surface area contributed by atoms with Crippen LogP contribution in [0.2, 0.25) is 0 Å². The van der Waals surface area contributed by atoms with Crippen molar-refractivity contribution in [3.05, 3.63) is 41.0 Å². The van der Waals surface area contributed by atoms with Gasteiger partial charge in [-0.25, -0.2) is 0 Å². The Balaban J connectivity index is 2.89. The monoisotopic (exact) mass is 224 g/mol. The summed E-state index contributed by atoms with van der Waals surface area (Å²) in [5, 5.41) is 0.945. The Morgan fingerprint density at radius 2 is 2.25 bits per heavy atom. The number of halogens is 1. The first-order valence-corrected chi connectivity index (χ1v) is 5.14. The van der Waals surface area contributed by atoms with E-state index in [9.17, 15) is 0 Å². The molecule has 0 aliphatic heterocycles. The third-order valence-electron chi connectivity index (χ3n) is 1.67. The Labute approximate surface area is 82.4 Å². The molecule has 0 fully saturated rings. The summed E-state index contributed by atoms with van der Waals surface area (Å²) in [6.45, 7) is 4.23. The standard InChI is InChI=1S/C11H13Br/c1-9-4-3-5-11(6-9)7-10(2)8-12/h3-7H,8H2,1-2H3. The fourth-order valence-corrected chi connectivity index (χ4v) is 1.24. The van der Waals surface area contributed by atoms with Gasteiger partial charge >= 0.3 is 0 Å². The molecule has 0 N–H and O–H groups in total. The third-order valence-corrected chi connectivity index (χ3v) is 2.55. The van der Waals surface area contributed by atoms with Crippen LogP contribution < -0.4 is 0 Å². The van der Waals surface area contributed by atoms with Crippen molar-refractivity contribution in [2.75, 3.05) is 5.33 Å². The predicted molar refractivity (Wildman–Crippen MR) is 58.6 cm³/mol. The molecule has 1 aromatic rings. The highest BCUT2D eigenvalue weighted by Gasteiger charge is 1.89. The van der Waals surface area contributed by atoms with Crippen LogP contribution in [0.4, 0.5) is 0 Å². The number of hydrogen-bond acceptors (Lipinski definition) is 0. The number of aryl methyl sites for hydroxylation is 1. The lowest BCUT2D eigenvalue weighted by Crippen LogP contribution is -1.78. The molecule has 0 aromatic heterocycles. The van der Waals surface area contributed by atoms with Crippen LogP contribution in [-0.2, 0) is 0 Å². The van der Waals surface area contributed by atoms with Crippen LogP contribution in [0.25, 0.3) is 6.08 Å². The molecule has 64 valence electrons. The smallest absolute Gasteiger partial charge is 0.0242 e. The molecule has 0 aliphatic carbocycles. The van der Waals surface area contributed by atoms with Gasteiger partial charge in [-0.05, 0) is 19.4 Å². The molecule has 0 atom stereocenters. The third kappa shape index (κ3) is 2.82. The summed E-state index contributed by atoms with van der Waals surface area (Å²) in [5.41, 5.74) is 3.94. The lowest BCUT2D eigenvalue weighted by atomic mass is 10.1. The molecule has 0 nitrogen and oxygen atoms in total. The van der Waals surface area contributed by atoms with Gasteiger partial charge in [0.2, 0.25) is 0 Å². The van der Waals surface area contributed by atoms with E-state index in [0.29, 0.717) is 0 Å². The Bertz CT molecular complexity index is 287.